The third-order valence-electron chi connectivity index (χ3n) is 15.1. The van der Waals surface area contributed by atoms with Gasteiger partial charge >= 0.3 is 5.97 Å². The molecule has 0 spiro atoms. The standard InChI is InChI=1S/C54H85NO14/c1-33-17-12-11-13-18-34(2)45(64-8)31-41-22-20-39(7)54(63,69-41)51(60)52(61)55-24-15-14-19-42(55)53(62)68-46(36(4)29-40-21-23-44(47(30-40)65-9)67-26-16-25-56)32-43(57)35(3)28-38(6)49(59)50(66-10)48(58)37(5)27-33/h11-13,17-18,28,33,35-37,39-42,44-47,49-50,56,59,63H,14-16,19-27,29-32H2,1-10H3/b13-11+,17-12+,34-18+,38-28+/t33-,35-,36?,37-,39-,40+,41+,42+,44-,45+,46+,47-,49-,50+,54-/m1/s1. The lowest BCUT2D eigenvalue weighted by molar-refractivity contribution is -0.265. The van der Waals surface area contributed by atoms with Crippen LogP contribution < -0.4 is 0 Å². The maximum atomic E-state index is 14.5. The number of carbonyl (C=O) groups excluding carboxylic acids is 5. The summed E-state index contributed by atoms with van der Waals surface area (Å²) >= 11 is 0. The smallest absolute Gasteiger partial charge is 0.329 e. The molecule has 0 aromatic rings. The fourth-order valence-electron chi connectivity index (χ4n) is 10.6. The van der Waals surface area contributed by atoms with Crippen molar-refractivity contribution < 1.29 is 67.7 Å². The monoisotopic (exact) mass is 972 g/mol. The number of hydrogen-bond acceptors (Lipinski definition) is 14. The highest BCUT2D eigenvalue weighted by Crippen LogP contribution is 2.38. The number of amides is 1. The number of carbonyl (C=O) groups is 5. The summed E-state index contributed by atoms with van der Waals surface area (Å²) in [5.41, 5.74) is 1.27. The number of allylic oxidation sites excluding steroid dienone is 6. The number of aliphatic hydroxyl groups excluding tert-OH is 2. The molecular weight excluding hydrogens is 887 g/mol. The summed E-state index contributed by atoms with van der Waals surface area (Å²) in [7, 11) is 4.61. The quantitative estimate of drug-likeness (QED) is 0.0916. The largest absolute Gasteiger partial charge is 0.460 e. The van der Waals surface area contributed by atoms with Gasteiger partial charge in [-0.3, -0.25) is 19.2 Å². The van der Waals surface area contributed by atoms with Crippen LogP contribution in [-0.2, 0) is 52.4 Å². The summed E-state index contributed by atoms with van der Waals surface area (Å²) in [5.74, 6) is -7.92. The van der Waals surface area contributed by atoms with Gasteiger partial charge in [0, 0.05) is 71.7 Å². The van der Waals surface area contributed by atoms with Gasteiger partial charge in [0.1, 0.15) is 30.1 Å². The van der Waals surface area contributed by atoms with Crippen LogP contribution in [0.5, 0.6) is 0 Å². The Morgan fingerprint density at radius 2 is 1.59 bits per heavy atom. The number of esters is 1. The highest BCUT2D eigenvalue weighted by atomic mass is 16.6. The Kier molecular flexibility index (Phi) is 23.6. The zero-order valence-corrected chi connectivity index (χ0v) is 43.1. The molecule has 69 heavy (non-hydrogen) atoms. The fraction of sp³-hybridized carbons (Fsp3) is 0.759. The first-order chi connectivity index (χ1) is 32.8. The Labute approximate surface area is 411 Å². The highest BCUT2D eigenvalue weighted by molar-refractivity contribution is 6.39. The van der Waals surface area contributed by atoms with E-state index in [2.05, 4.69) is 0 Å². The van der Waals surface area contributed by atoms with E-state index >= 15 is 0 Å². The molecule has 3 aliphatic heterocycles. The predicted octanol–water partition coefficient (Wildman–Crippen LogP) is 6.59. The Morgan fingerprint density at radius 1 is 0.855 bits per heavy atom. The lowest BCUT2D eigenvalue weighted by Crippen LogP contribution is -2.61. The van der Waals surface area contributed by atoms with Crippen molar-refractivity contribution in [2.45, 2.75) is 186 Å². The number of ketones is 3. The third kappa shape index (κ3) is 16.0. The Morgan fingerprint density at radius 3 is 2.28 bits per heavy atom. The van der Waals surface area contributed by atoms with Crippen molar-refractivity contribution >= 4 is 29.2 Å². The molecule has 1 amide bonds. The van der Waals surface area contributed by atoms with Crippen LogP contribution in [0.1, 0.15) is 132 Å². The molecule has 0 aromatic heterocycles. The minimum Gasteiger partial charge on any atom is -0.460 e. The third-order valence-corrected chi connectivity index (χ3v) is 15.1. The Bertz CT molecular complexity index is 1830. The van der Waals surface area contributed by atoms with Gasteiger partial charge in [0.05, 0.1) is 24.4 Å². The van der Waals surface area contributed by atoms with Crippen LogP contribution in [0, 0.1) is 35.5 Å². The van der Waals surface area contributed by atoms with Crippen LogP contribution >= 0.6 is 0 Å². The van der Waals surface area contributed by atoms with E-state index in [0.29, 0.717) is 70.0 Å². The van der Waals surface area contributed by atoms with Gasteiger partial charge in [0.25, 0.3) is 11.7 Å². The summed E-state index contributed by atoms with van der Waals surface area (Å²) in [6, 6.07) is -1.14. The van der Waals surface area contributed by atoms with E-state index < -0.39 is 77.8 Å². The summed E-state index contributed by atoms with van der Waals surface area (Å²) in [6.45, 7) is 13.3. The van der Waals surface area contributed by atoms with Gasteiger partial charge in [0.15, 0.2) is 5.78 Å². The lowest BCUT2D eigenvalue weighted by atomic mass is 9.78. The van der Waals surface area contributed by atoms with Gasteiger partial charge < -0.3 is 48.6 Å². The molecule has 3 fully saturated rings. The zero-order chi connectivity index (χ0) is 51.0. The fourth-order valence-corrected chi connectivity index (χ4v) is 10.6. The molecule has 15 heteroatoms. The van der Waals surface area contributed by atoms with Crippen molar-refractivity contribution in [2.75, 3.05) is 41.1 Å². The first-order valence-electron chi connectivity index (χ1n) is 25.5. The van der Waals surface area contributed by atoms with Crippen LogP contribution in [0.25, 0.3) is 0 Å². The topological polar surface area (TPSA) is 205 Å². The first-order valence-corrected chi connectivity index (χ1v) is 25.5. The lowest BCUT2D eigenvalue weighted by Gasteiger charge is -2.42. The molecule has 3 N–H and O–H groups in total. The number of aliphatic hydroxyl groups is 3. The minimum atomic E-state index is -2.43. The second-order valence-corrected chi connectivity index (χ2v) is 20.5. The van der Waals surface area contributed by atoms with Crippen molar-refractivity contribution in [2.24, 2.45) is 35.5 Å². The highest BCUT2D eigenvalue weighted by Gasteiger charge is 2.53. The maximum Gasteiger partial charge on any atom is 0.329 e. The van der Waals surface area contributed by atoms with E-state index in [1.807, 2.05) is 58.1 Å². The normalized spacial score (nSPS) is 38.8. The molecule has 0 radical (unpaired) electrons. The first kappa shape index (κ1) is 58.2. The van der Waals surface area contributed by atoms with Crippen LogP contribution in [0.15, 0.2) is 47.6 Å². The van der Waals surface area contributed by atoms with Crippen LogP contribution in [0.3, 0.4) is 0 Å². The van der Waals surface area contributed by atoms with E-state index in [-0.39, 0.29) is 67.5 Å². The molecule has 390 valence electrons. The number of piperidine rings is 1. The SMILES string of the molecule is CO[C@H]1C[C@@H]2CC[C@@H](C)[C@@](O)(O2)C(=O)C(=O)N2CCCC[C@H]2C(=O)O[C@H](C(C)C[C@@H]2CC[C@@H](OCCCO)[C@H](OC)C2)CC(=O)[C@H](C)/C=C(\C)[C@@H](O)[C@@H](OC)C(=O)[C@H](C)C[C@H](C)/C=C/C=C/C=C/1C. The van der Waals surface area contributed by atoms with E-state index in [1.54, 1.807) is 41.1 Å². The van der Waals surface area contributed by atoms with Crippen molar-refractivity contribution in [1.29, 1.82) is 0 Å². The molecular formula is C54H85NO14. The number of methoxy groups -OCH3 is 3. The van der Waals surface area contributed by atoms with Gasteiger partial charge in [-0.05, 0) is 113 Å². The molecule has 4 rings (SSSR count). The van der Waals surface area contributed by atoms with Gasteiger partial charge in [-0.2, -0.15) is 0 Å². The molecule has 0 aromatic carbocycles. The zero-order valence-electron chi connectivity index (χ0n) is 43.1. The predicted molar refractivity (Wildman–Crippen MR) is 261 cm³/mol. The minimum absolute atomic E-state index is 0.0163. The van der Waals surface area contributed by atoms with Gasteiger partial charge in [-0.1, -0.05) is 71.1 Å². The molecule has 1 aliphatic carbocycles. The van der Waals surface area contributed by atoms with E-state index in [9.17, 15) is 39.3 Å². The molecule has 15 atom stereocenters. The van der Waals surface area contributed by atoms with Gasteiger partial charge in [-0.15, -0.1) is 0 Å². The number of Topliss-reactive ketones (excluding diaryl/α,β-unsaturated/α-hetero) is 3. The summed E-state index contributed by atoms with van der Waals surface area (Å²) in [6.07, 6.45) is 12.7. The van der Waals surface area contributed by atoms with Crippen molar-refractivity contribution in [3.05, 3.63) is 47.6 Å². The molecule has 1 unspecified atom stereocenters. The van der Waals surface area contributed by atoms with Crippen LogP contribution in [0.4, 0.5) is 0 Å². The molecule has 2 saturated heterocycles. The number of nitrogens with zero attached hydrogens (tertiary/aromatic N) is 1. The average Bonchev–Trinajstić information content (AvgIpc) is 3.33. The van der Waals surface area contributed by atoms with E-state index in [4.69, 9.17) is 28.4 Å². The van der Waals surface area contributed by atoms with Crippen molar-refractivity contribution in [3.8, 4) is 0 Å². The number of hydrogen-bond donors (Lipinski definition) is 3. The molecule has 1 saturated carbocycles. The molecule has 15 nitrogen and oxygen atoms in total. The number of rotatable bonds is 10. The Hall–Kier alpha value is -3.41. The maximum absolute atomic E-state index is 14.5. The number of cyclic esters (lactones) is 1. The number of ether oxygens (including phenoxy) is 6. The molecule has 3 heterocycles. The van der Waals surface area contributed by atoms with Crippen molar-refractivity contribution in [1.82, 2.24) is 4.90 Å². The summed E-state index contributed by atoms with van der Waals surface area (Å²) < 4.78 is 35.8. The Balaban J connectivity index is 1.69. The number of fused-ring (bicyclic) bond motifs is 3. The van der Waals surface area contributed by atoms with Crippen LogP contribution in [-0.4, -0.2) is 145 Å². The van der Waals surface area contributed by atoms with Gasteiger partial charge in [-0.25, -0.2) is 4.79 Å². The summed E-state index contributed by atoms with van der Waals surface area (Å²) in [5, 5.41) is 32.7. The second-order valence-electron chi connectivity index (χ2n) is 20.5. The van der Waals surface area contributed by atoms with Crippen molar-refractivity contribution in [3.63, 3.8) is 0 Å². The van der Waals surface area contributed by atoms with Crippen LogP contribution in [0.2, 0.25) is 0 Å². The van der Waals surface area contributed by atoms with Gasteiger partial charge in [0.2, 0.25) is 5.79 Å². The van der Waals surface area contributed by atoms with E-state index in [1.165, 1.54) is 12.0 Å². The van der Waals surface area contributed by atoms with E-state index in [0.717, 1.165) is 18.4 Å². The molecule has 2 bridgehead atoms. The summed E-state index contributed by atoms with van der Waals surface area (Å²) in [4.78, 5) is 72.2. The molecule has 4 aliphatic rings. The average molecular weight is 972 g/mol. The second kappa shape index (κ2) is 28.0.